The van der Waals surface area contributed by atoms with Crippen LogP contribution in [0.5, 0.6) is 5.75 Å². The number of rotatable bonds is 10. The molecule has 1 saturated heterocycles. The molecule has 0 spiro atoms. The number of carbonyl (C=O) groups is 1. The molecule has 0 bridgehead atoms. The van der Waals surface area contributed by atoms with Crippen LogP contribution in [0, 0.1) is 0 Å². The zero-order valence-electron chi connectivity index (χ0n) is 16.8. The molecule has 0 unspecified atom stereocenters. The van der Waals surface area contributed by atoms with Gasteiger partial charge < -0.3 is 14.8 Å². The van der Waals surface area contributed by atoms with E-state index in [9.17, 15) is 13.2 Å². The smallest absolute Gasteiger partial charge is 0.240 e. The van der Waals surface area contributed by atoms with Gasteiger partial charge in [0.1, 0.15) is 5.75 Å². The number of benzene rings is 2. The average molecular weight is 487 g/mol. The summed E-state index contributed by atoms with van der Waals surface area (Å²) in [6, 6.07) is 11.0. The van der Waals surface area contributed by atoms with Crippen LogP contribution in [0.3, 0.4) is 0 Å². The fourth-order valence-corrected chi connectivity index (χ4v) is 4.57. The Bertz CT molecular complexity index is 993. The molecule has 7 nitrogen and oxygen atoms in total. The fraction of sp³-hybridized carbons (Fsp3) is 0.381. The van der Waals surface area contributed by atoms with Crippen LogP contribution in [0.1, 0.15) is 25.7 Å². The number of halogens is 2. The standard InChI is InChI=1S/C21H24Cl2N2O5S/c22-15-5-10-20(19(23)13-15)30-12-2-4-21(26)25-16-6-8-18(9-7-16)31(27,28)24-14-17-3-1-11-29-17/h5-10,13,17,24H,1-4,11-12,14H2,(H,25,26)/t17-/m0/s1. The number of hydrogen-bond donors (Lipinski definition) is 2. The summed E-state index contributed by atoms with van der Waals surface area (Å²) in [4.78, 5) is 12.2. The van der Waals surface area contributed by atoms with E-state index in [4.69, 9.17) is 32.7 Å². The van der Waals surface area contributed by atoms with Crippen molar-refractivity contribution in [3.8, 4) is 5.75 Å². The highest BCUT2D eigenvalue weighted by atomic mass is 35.5. The number of nitrogens with one attached hydrogen (secondary N) is 2. The first-order chi connectivity index (χ1) is 14.8. The van der Waals surface area contributed by atoms with Gasteiger partial charge in [0.05, 0.1) is 22.6 Å². The lowest BCUT2D eigenvalue weighted by Crippen LogP contribution is -2.31. The molecule has 1 heterocycles. The number of amides is 1. The van der Waals surface area contributed by atoms with Crippen LogP contribution < -0.4 is 14.8 Å². The fourth-order valence-electron chi connectivity index (χ4n) is 3.04. The summed E-state index contributed by atoms with van der Waals surface area (Å²) in [7, 11) is -3.62. The van der Waals surface area contributed by atoms with Gasteiger partial charge in [0.2, 0.25) is 15.9 Å². The SMILES string of the molecule is O=C(CCCOc1ccc(Cl)cc1Cl)Nc1ccc(S(=O)(=O)NC[C@@H]2CCCO2)cc1. The Morgan fingerprint density at radius 1 is 1.16 bits per heavy atom. The molecule has 2 aromatic carbocycles. The lowest BCUT2D eigenvalue weighted by molar-refractivity contribution is -0.116. The molecule has 1 atom stereocenters. The van der Waals surface area contributed by atoms with Gasteiger partial charge in [0, 0.05) is 30.3 Å². The van der Waals surface area contributed by atoms with Crippen molar-refractivity contribution in [1.82, 2.24) is 4.72 Å². The molecule has 31 heavy (non-hydrogen) atoms. The van der Waals surface area contributed by atoms with Gasteiger partial charge in [-0.3, -0.25) is 4.79 Å². The average Bonchev–Trinajstić information content (AvgIpc) is 3.25. The highest BCUT2D eigenvalue weighted by Crippen LogP contribution is 2.27. The Balaban J connectivity index is 1.41. The van der Waals surface area contributed by atoms with E-state index in [1.54, 1.807) is 30.3 Å². The second kappa shape index (κ2) is 11.2. The summed E-state index contributed by atoms with van der Waals surface area (Å²) in [6.45, 7) is 1.24. The van der Waals surface area contributed by atoms with E-state index < -0.39 is 10.0 Å². The van der Waals surface area contributed by atoms with Gasteiger partial charge in [0.15, 0.2) is 0 Å². The van der Waals surface area contributed by atoms with Gasteiger partial charge in [-0.2, -0.15) is 0 Å². The minimum Gasteiger partial charge on any atom is -0.492 e. The highest BCUT2D eigenvalue weighted by molar-refractivity contribution is 7.89. The first-order valence-corrected chi connectivity index (χ1v) is 12.2. The van der Waals surface area contributed by atoms with Crippen molar-refractivity contribution in [3.63, 3.8) is 0 Å². The number of hydrogen-bond acceptors (Lipinski definition) is 5. The van der Waals surface area contributed by atoms with E-state index in [-0.39, 0.29) is 29.9 Å². The maximum absolute atomic E-state index is 12.4. The molecular weight excluding hydrogens is 463 g/mol. The minimum absolute atomic E-state index is 0.0759. The summed E-state index contributed by atoms with van der Waals surface area (Å²) in [5, 5.41) is 3.68. The quantitative estimate of drug-likeness (QED) is 0.489. The van der Waals surface area contributed by atoms with Gasteiger partial charge in [-0.05, 0) is 61.7 Å². The molecule has 168 valence electrons. The van der Waals surface area contributed by atoms with Crippen LogP contribution >= 0.6 is 23.2 Å². The van der Waals surface area contributed by atoms with E-state index in [0.717, 1.165) is 12.8 Å². The van der Waals surface area contributed by atoms with Crippen LogP contribution in [0.2, 0.25) is 10.0 Å². The molecule has 2 N–H and O–H groups in total. The Morgan fingerprint density at radius 3 is 2.61 bits per heavy atom. The molecule has 0 saturated carbocycles. The van der Waals surface area contributed by atoms with Crippen molar-refractivity contribution in [3.05, 3.63) is 52.5 Å². The number of anilines is 1. The molecule has 1 aliphatic heterocycles. The summed E-state index contributed by atoms with van der Waals surface area (Å²) < 4.78 is 38.3. The first kappa shape index (κ1) is 23.8. The van der Waals surface area contributed by atoms with Crippen molar-refractivity contribution in [2.45, 2.75) is 36.7 Å². The third kappa shape index (κ3) is 7.36. The third-order valence-corrected chi connectivity index (χ3v) is 6.64. The van der Waals surface area contributed by atoms with Crippen molar-refractivity contribution < 1.29 is 22.7 Å². The number of sulfonamides is 1. The van der Waals surface area contributed by atoms with E-state index >= 15 is 0 Å². The molecule has 0 aromatic heterocycles. The van der Waals surface area contributed by atoms with E-state index in [2.05, 4.69) is 10.0 Å². The maximum Gasteiger partial charge on any atom is 0.240 e. The molecule has 0 radical (unpaired) electrons. The Kier molecular flexibility index (Phi) is 8.57. The highest BCUT2D eigenvalue weighted by Gasteiger charge is 2.20. The number of ether oxygens (including phenoxy) is 2. The van der Waals surface area contributed by atoms with Gasteiger partial charge >= 0.3 is 0 Å². The predicted octanol–water partition coefficient (Wildman–Crippen LogP) is 4.25. The van der Waals surface area contributed by atoms with E-state index in [1.165, 1.54) is 12.1 Å². The van der Waals surface area contributed by atoms with Crippen LogP contribution in [-0.4, -0.2) is 40.2 Å². The van der Waals surface area contributed by atoms with Crippen molar-refractivity contribution in [2.75, 3.05) is 25.1 Å². The minimum atomic E-state index is -3.62. The third-order valence-electron chi connectivity index (χ3n) is 4.67. The second-order valence-corrected chi connectivity index (χ2v) is 9.70. The zero-order chi connectivity index (χ0) is 22.3. The summed E-state index contributed by atoms with van der Waals surface area (Å²) >= 11 is 11.9. The van der Waals surface area contributed by atoms with Crippen LogP contribution in [0.15, 0.2) is 47.4 Å². The summed E-state index contributed by atoms with van der Waals surface area (Å²) in [5.41, 5.74) is 0.518. The normalized spacial score (nSPS) is 16.3. The van der Waals surface area contributed by atoms with Gasteiger partial charge in [-0.25, -0.2) is 13.1 Å². The zero-order valence-corrected chi connectivity index (χ0v) is 19.1. The molecular formula is C21H24Cl2N2O5S. The van der Waals surface area contributed by atoms with Crippen molar-refractivity contribution in [2.24, 2.45) is 0 Å². The van der Waals surface area contributed by atoms with E-state index in [0.29, 0.717) is 41.1 Å². The monoisotopic (exact) mass is 486 g/mol. The molecule has 3 rings (SSSR count). The van der Waals surface area contributed by atoms with Crippen LogP contribution in [0.25, 0.3) is 0 Å². The predicted molar refractivity (Wildman–Crippen MR) is 120 cm³/mol. The summed E-state index contributed by atoms with van der Waals surface area (Å²) in [5.74, 6) is 0.314. The molecule has 10 heteroatoms. The van der Waals surface area contributed by atoms with Gasteiger partial charge in [0.25, 0.3) is 0 Å². The van der Waals surface area contributed by atoms with Crippen LogP contribution in [-0.2, 0) is 19.6 Å². The Hall–Kier alpha value is -1.84. The first-order valence-electron chi connectivity index (χ1n) is 9.92. The largest absolute Gasteiger partial charge is 0.492 e. The molecule has 2 aromatic rings. The van der Waals surface area contributed by atoms with Crippen molar-refractivity contribution in [1.29, 1.82) is 0 Å². The van der Waals surface area contributed by atoms with Crippen LogP contribution in [0.4, 0.5) is 5.69 Å². The summed E-state index contributed by atoms with van der Waals surface area (Å²) in [6.07, 6.45) is 2.46. The Labute approximate surface area is 192 Å². The van der Waals surface area contributed by atoms with Gasteiger partial charge in [-0.1, -0.05) is 23.2 Å². The van der Waals surface area contributed by atoms with Crippen molar-refractivity contribution >= 4 is 44.8 Å². The lowest BCUT2D eigenvalue weighted by atomic mass is 10.2. The molecule has 1 fully saturated rings. The Morgan fingerprint density at radius 2 is 1.94 bits per heavy atom. The second-order valence-electron chi connectivity index (χ2n) is 7.09. The number of carbonyl (C=O) groups excluding carboxylic acids is 1. The topological polar surface area (TPSA) is 93.7 Å². The van der Waals surface area contributed by atoms with Gasteiger partial charge in [-0.15, -0.1) is 0 Å². The molecule has 0 aliphatic carbocycles. The van der Waals surface area contributed by atoms with E-state index in [1.807, 2.05) is 0 Å². The maximum atomic E-state index is 12.4. The molecule has 1 aliphatic rings. The molecule has 1 amide bonds. The lowest BCUT2D eigenvalue weighted by Gasteiger charge is -2.12.